The molecular formula is C12H9ClN2O. The molecule has 0 radical (unpaired) electrons. The zero-order valence-corrected chi connectivity index (χ0v) is 9.21. The summed E-state index contributed by atoms with van der Waals surface area (Å²) in [6, 6.07) is 7.27. The van der Waals surface area contributed by atoms with Crippen molar-refractivity contribution < 1.29 is 4.79 Å². The number of hydrogen-bond donors (Lipinski definition) is 1. The molecule has 0 bridgehead atoms. The van der Waals surface area contributed by atoms with Crippen molar-refractivity contribution >= 4 is 28.3 Å². The molecule has 16 heavy (non-hydrogen) atoms. The van der Waals surface area contributed by atoms with E-state index in [1.807, 2.05) is 0 Å². The molecule has 0 aliphatic rings. The van der Waals surface area contributed by atoms with E-state index in [1.165, 1.54) is 0 Å². The molecule has 0 atom stereocenters. The van der Waals surface area contributed by atoms with Gasteiger partial charge in [0.1, 0.15) is 0 Å². The highest BCUT2D eigenvalue weighted by molar-refractivity contribution is 6.20. The number of aromatic nitrogens is 1. The van der Waals surface area contributed by atoms with E-state index in [9.17, 15) is 4.79 Å². The Hall–Kier alpha value is -1.79. The zero-order chi connectivity index (χ0) is 11.5. The predicted octanol–water partition coefficient (Wildman–Crippen LogP) is 2.85. The predicted molar refractivity (Wildman–Crippen MR) is 62.7 cm³/mol. The van der Waals surface area contributed by atoms with Crippen molar-refractivity contribution in [1.29, 1.82) is 5.26 Å². The van der Waals surface area contributed by atoms with E-state index in [2.05, 4.69) is 11.1 Å². The van der Waals surface area contributed by atoms with Gasteiger partial charge in [-0.2, -0.15) is 5.26 Å². The molecule has 1 N–H and O–H groups in total. The van der Waals surface area contributed by atoms with Crippen LogP contribution >= 0.6 is 11.6 Å². The number of Topliss-reactive ketones (excluding diaryl/α,β-unsaturated/α-hetero) is 1. The fourth-order valence-electron chi connectivity index (χ4n) is 1.65. The van der Waals surface area contributed by atoms with Crippen LogP contribution in [0.5, 0.6) is 0 Å². The Morgan fingerprint density at radius 3 is 3.00 bits per heavy atom. The van der Waals surface area contributed by atoms with Crippen LogP contribution in [0.2, 0.25) is 0 Å². The summed E-state index contributed by atoms with van der Waals surface area (Å²) >= 11 is 5.54. The van der Waals surface area contributed by atoms with Crippen LogP contribution in [0.15, 0.2) is 24.4 Å². The summed E-state index contributed by atoms with van der Waals surface area (Å²) in [5.74, 6) is 0.341. The summed E-state index contributed by atoms with van der Waals surface area (Å²) in [5, 5.41) is 9.59. The second kappa shape index (κ2) is 4.38. The Kier molecular flexibility index (Phi) is 2.93. The van der Waals surface area contributed by atoms with Gasteiger partial charge >= 0.3 is 0 Å². The van der Waals surface area contributed by atoms with Crippen LogP contribution in [0, 0.1) is 11.3 Å². The largest absolute Gasteiger partial charge is 0.360 e. The number of H-pyrrole nitrogens is 1. The highest BCUT2D eigenvalue weighted by Gasteiger charge is 2.11. The molecule has 2 aromatic rings. The van der Waals surface area contributed by atoms with Gasteiger partial charge < -0.3 is 4.98 Å². The van der Waals surface area contributed by atoms with Crippen LogP contribution < -0.4 is 0 Å². The minimum atomic E-state index is 0.0194. The van der Waals surface area contributed by atoms with E-state index in [4.69, 9.17) is 16.9 Å². The lowest BCUT2D eigenvalue weighted by Gasteiger charge is -1.96. The molecule has 0 unspecified atom stereocenters. The van der Waals surface area contributed by atoms with Crippen LogP contribution in [-0.4, -0.2) is 16.6 Å². The molecule has 0 amide bonds. The number of aromatic amines is 1. The van der Waals surface area contributed by atoms with Gasteiger partial charge in [0.2, 0.25) is 0 Å². The molecule has 0 aliphatic heterocycles. The van der Waals surface area contributed by atoms with Gasteiger partial charge in [-0.15, -0.1) is 11.6 Å². The van der Waals surface area contributed by atoms with Crippen LogP contribution in [0.1, 0.15) is 22.3 Å². The van der Waals surface area contributed by atoms with Crippen molar-refractivity contribution in [3.8, 4) is 6.07 Å². The third-order valence-corrected chi connectivity index (χ3v) is 2.62. The standard InChI is InChI=1S/C12H9ClN2O/c13-4-3-12(16)10-7-15-11-5-8(6-14)1-2-9(10)11/h1-2,5,7,15H,3-4H2. The fourth-order valence-corrected chi connectivity index (χ4v) is 1.82. The summed E-state index contributed by atoms with van der Waals surface area (Å²) in [6.07, 6.45) is 2.00. The molecule has 1 aromatic carbocycles. The summed E-state index contributed by atoms with van der Waals surface area (Å²) in [5.41, 5.74) is 2.02. The van der Waals surface area contributed by atoms with Crippen LogP contribution in [-0.2, 0) is 0 Å². The molecule has 1 heterocycles. The van der Waals surface area contributed by atoms with Gasteiger partial charge in [-0.05, 0) is 12.1 Å². The summed E-state index contributed by atoms with van der Waals surface area (Å²) in [6.45, 7) is 0. The van der Waals surface area contributed by atoms with Gasteiger partial charge in [-0.3, -0.25) is 4.79 Å². The van der Waals surface area contributed by atoms with Crippen molar-refractivity contribution in [2.24, 2.45) is 0 Å². The van der Waals surface area contributed by atoms with E-state index < -0.39 is 0 Å². The molecular weight excluding hydrogens is 224 g/mol. The quantitative estimate of drug-likeness (QED) is 0.654. The van der Waals surface area contributed by atoms with Crippen molar-refractivity contribution in [2.75, 3.05) is 5.88 Å². The van der Waals surface area contributed by atoms with Crippen LogP contribution in [0.3, 0.4) is 0 Å². The van der Waals surface area contributed by atoms with Gasteiger partial charge in [0.25, 0.3) is 0 Å². The van der Waals surface area contributed by atoms with E-state index in [0.29, 0.717) is 23.4 Å². The van der Waals surface area contributed by atoms with Gasteiger partial charge in [-0.25, -0.2) is 0 Å². The lowest BCUT2D eigenvalue weighted by molar-refractivity contribution is 0.0991. The molecule has 0 spiro atoms. The number of hydrogen-bond acceptors (Lipinski definition) is 2. The number of nitriles is 1. The van der Waals surface area contributed by atoms with Crippen LogP contribution in [0.4, 0.5) is 0 Å². The Morgan fingerprint density at radius 1 is 1.50 bits per heavy atom. The van der Waals surface area contributed by atoms with E-state index in [1.54, 1.807) is 24.4 Å². The minimum absolute atomic E-state index is 0.0194. The Bertz CT molecular complexity index is 580. The number of halogens is 1. The number of nitrogens with zero attached hydrogens (tertiary/aromatic N) is 1. The second-order valence-corrected chi connectivity index (χ2v) is 3.81. The van der Waals surface area contributed by atoms with Crippen LogP contribution in [0.25, 0.3) is 10.9 Å². The molecule has 0 saturated heterocycles. The number of carbonyl (C=O) groups is 1. The highest BCUT2D eigenvalue weighted by atomic mass is 35.5. The Balaban J connectivity index is 2.50. The van der Waals surface area contributed by atoms with Gasteiger partial charge in [0, 0.05) is 35.0 Å². The normalized spacial score (nSPS) is 10.2. The first-order valence-corrected chi connectivity index (χ1v) is 5.40. The maximum atomic E-state index is 11.7. The first-order valence-electron chi connectivity index (χ1n) is 4.86. The topological polar surface area (TPSA) is 56.6 Å². The summed E-state index contributed by atoms with van der Waals surface area (Å²) in [4.78, 5) is 14.7. The minimum Gasteiger partial charge on any atom is -0.360 e. The van der Waals surface area contributed by atoms with Gasteiger partial charge in [0.05, 0.1) is 11.6 Å². The first kappa shape index (κ1) is 10.7. The van der Waals surface area contributed by atoms with Gasteiger partial charge in [-0.1, -0.05) is 6.07 Å². The number of fused-ring (bicyclic) bond motifs is 1. The number of nitrogens with one attached hydrogen (secondary N) is 1. The molecule has 3 nitrogen and oxygen atoms in total. The number of ketones is 1. The van der Waals surface area contributed by atoms with E-state index in [-0.39, 0.29) is 5.78 Å². The first-order chi connectivity index (χ1) is 7.76. The smallest absolute Gasteiger partial charge is 0.166 e. The van der Waals surface area contributed by atoms with Crippen molar-refractivity contribution in [3.05, 3.63) is 35.5 Å². The lowest BCUT2D eigenvalue weighted by Crippen LogP contribution is -1.98. The summed E-state index contributed by atoms with van der Waals surface area (Å²) < 4.78 is 0. The maximum Gasteiger partial charge on any atom is 0.166 e. The van der Waals surface area contributed by atoms with Crippen molar-refractivity contribution in [2.45, 2.75) is 6.42 Å². The lowest BCUT2D eigenvalue weighted by atomic mass is 10.1. The van der Waals surface area contributed by atoms with Crippen molar-refractivity contribution in [3.63, 3.8) is 0 Å². The molecule has 4 heteroatoms. The number of carbonyl (C=O) groups excluding carboxylic acids is 1. The fraction of sp³-hybridized carbons (Fsp3) is 0.167. The SMILES string of the molecule is N#Cc1ccc2c(C(=O)CCCl)c[nH]c2c1. The average molecular weight is 233 g/mol. The maximum absolute atomic E-state index is 11.7. The second-order valence-electron chi connectivity index (χ2n) is 3.44. The number of alkyl halides is 1. The molecule has 0 saturated carbocycles. The average Bonchev–Trinajstić information content (AvgIpc) is 2.71. The summed E-state index contributed by atoms with van der Waals surface area (Å²) in [7, 11) is 0. The third-order valence-electron chi connectivity index (χ3n) is 2.43. The third kappa shape index (κ3) is 1.80. The van der Waals surface area contributed by atoms with E-state index >= 15 is 0 Å². The zero-order valence-electron chi connectivity index (χ0n) is 8.46. The monoisotopic (exact) mass is 232 g/mol. The Labute approximate surface area is 97.6 Å². The van der Waals surface area contributed by atoms with Gasteiger partial charge in [0.15, 0.2) is 5.78 Å². The molecule has 0 fully saturated rings. The number of rotatable bonds is 3. The molecule has 0 aliphatic carbocycles. The number of benzene rings is 1. The highest BCUT2D eigenvalue weighted by Crippen LogP contribution is 2.20. The Morgan fingerprint density at radius 2 is 2.31 bits per heavy atom. The molecule has 2 rings (SSSR count). The molecule has 80 valence electrons. The molecule has 1 aromatic heterocycles. The van der Waals surface area contributed by atoms with Crippen molar-refractivity contribution in [1.82, 2.24) is 4.98 Å². The van der Waals surface area contributed by atoms with E-state index in [0.717, 1.165) is 10.9 Å².